The van der Waals surface area contributed by atoms with Crippen LogP contribution in [0.4, 0.5) is 0 Å². The first kappa shape index (κ1) is 16.4. The van der Waals surface area contributed by atoms with E-state index in [0.29, 0.717) is 19.3 Å². The van der Waals surface area contributed by atoms with Crippen LogP contribution in [0, 0.1) is 5.41 Å². The summed E-state index contributed by atoms with van der Waals surface area (Å²) in [5.74, 6) is -0.179. The van der Waals surface area contributed by atoms with Gasteiger partial charge in [0.2, 0.25) is 0 Å². The lowest BCUT2D eigenvalue weighted by molar-refractivity contribution is -0.161. The van der Waals surface area contributed by atoms with Crippen molar-refractivity contribution in [2.75, 3.05) is 0 Å². The third kappa shape index (κ3) is 5.07. The van der Waals surface area contributed by atoms with Crippen LogP contribution in [0.25, 0.3) is 0 Å². The van der Waals surface area contributed by atoms with E-state index in [9.17, 15) is 9.90 Å². The first-order valence-electron chi connectivity index (χ1n) is 6.64. The number of esters is 1. The Kier molecular flexibility index (Phi) is 6.17. The van der Waals surface area contributed by atoms with Crippen LogP contribution >= 0.6 is 0 Å². The molecule has 0 aliphatic rings. The number of carbonyl (C=O) groups excluding carboxylic acids is 1. The summed E-state index contributed by atoms with van der Waals surface area (Å²) >= 11 is 0. The van der Waals surface area contributed by atoms with Crippen molar-refractivity contribution in [3.8, 4) is 0 Å². The molecular formula is C14H28O3. The summed E-state index contributed by atoms with van der Waals surface area (Å²) in [7, 11) is 0. The van der Waals surface area contributed by atoms with Crippen LogP contribution < -0.4 is 0 Å². The monoisotopic (exact) mass is 244 g/mol. The van der Waals surface area contributed by atoms with Crippen LogP contribution in [0.5, 0.6) is 0 Å². The summed E-state index contributed by atoms with van der Waals surface area (Å²) in [5.41, 5.74) is -1.15. The minimum atomic E-state index is -0.712. The molecule has 3 nitrogen and oxygen atoms in total. The summed E-state index contributed by atoms with van der Waals surface area (Å²) < 4.78 is 5.41. The fourth-order valence-corrected chi connectivity index (χ4v) is 1.60. The summed E-state index contributed by atoms with van der Waals surface area (Å²) in [6, 6.07) is 0. The van der Waals surface area contributed by atoms with Gasteiger partial charge in [-0.15, -0.1) is 0 Å². The molecule has 1 unspecified atom stereocenters. The predicted molar refractivity (Wildman–Crippen MR) is 69.8 cm³/mol. The highest BCUT2D eigenvalue weighted by Crippen LogP contribution is 2.26. The van der Waals surface area contributed by atoms with Crippen LogP contribution in [0.1, 0.15) is 67.2 Å². The smallest absolute Gasteiger partial charge is 0.311 e. The van der Waals surface area contributed by atoms with E-state index >= 15 is 0 Å². The zero-order valence-electron chi connectivity index (χ0n) is 12.2. The Hall–Kier alpha value is -0.570. The van der Waals surface area contributed by atoms with Gasteiger partial charge in [0.15, 0.2) is 0 Å². The van der Waals surface area contributed by atoms with Gasteiger partial charge in [-0.2, -0.15) is 0 Å². The van der Waals surface area contributed by atoms with Crippen molar-refractivity contribution < 1.29 is 14.6 Å². The second kappa shape index (κ2) is 6.39. The van der Waals surface area contributed by atoms with Gasteiger partial charge in [0.1, 0.15) is 6.10 Å². The minimum absolute atomic E-state index is 0.179. The summed E-state index contributed by atoms with van der Waals surface area (Å²) in [4.78, 5) is 11.9. The molecule has 0 radical (unpaired) electrons. The maximum atomic E-state index is 11.9. The molecule has 102 valence electrons. The van der Waals surface area contributed by atoms with Crippen molar-refractivity contribution in [2.24, 2.45) is 5.41 Å². The number of ether oxygens (including phenoxy) is 1. The maximum Gasteiger partial charge on any atom is 0.311 e. The van der Waals surface area contributed by atoms with Gasteiger partial charge in [-0.05, 0) is 40.0 Å². The van der Waals surface area contributed by atoms with Gasteiger partial charge in [0.25, 0.3) is 0 Å². The molecule has 1 N–H and O–H groups in total. The van der Waals surface area contributed by atoms with E-state index in [4.69, 9.17) is 4.74 Å². The average Bonchev–Trinajstić information content (AvgIpc) is 2.28. The fourth-order valence-electron chi connectivity index (χ4n) is 1.60. The van der Waals surface area contributed by atoms with E-state index in [1.54, 1.807) is 0 Å². The highest BCUT2D eigenvalue weighted by molar-refractivity contribution is 5.75. The topological polar surface area (TPSA) is 46.5 Å². The second-order valence-electron chi connectivity index (χ2n) is 5.59. The van der Waals surface area contributed by atoms with Crippen LogP contribution in [0.2, 0.25) is 0 Å². The Balaban J connectivity index is 4.37. The minimum Gasteiger partial charge on any atom is -0.462 e. The molecule has 0 rings (SSSR count). The quantitative estimate of drug-likeness (QED) is 0.699. The SMILES string of the molecule is CCC(O)(CC)CC(C)OC(=O)C(C)(C)CC. The number of carbonyl (C=O) groups is 1. The van der Waals surface area contributed by atoms with Crippen molar-refractivity contribution in [1.29, 1.82) is 0 Å². The first-order valence-corrected chi connectivity index (χ1v) is 6.64. The molecule has 0 aliphatic heterocycles. The van der Waals surface area contributed by atoms with Gasteiger partial charge >= 0.3 is 5.97 Å². The molecule has 0 aromatic carbocycles. The van der Waals surface area contributed by atoms with Crippen LogP contribution in [-0.4, -0.2) is 22.8 Å². The molecule has 1 atom stereocenters. The molecule has 0 aromatic rings. The Morgan fingerprint density at radius 3 is 2.00 bits per heavy atom. The molecule has 0 spiro atoms. The van der Waals surface area contributed by atoms with Gasteiger partial charge in [-0.25, -0.2) is 0 Å². The molecule has 0 saturated carbocycles. The average molecular weight is 244 g/mol. The van der Waals surface area contributed by atoms with Gasteiger partial charge in [0, 0.05) is 6.42 Å². The predicted octanol–water partition coefficient (Wildman–Crippen LogP) is 3.30. The third-order valence-electron chi connectivity index (χ3n) is 3.73. The molecule has 0 aromatic heterocycles. The maximum absolute atomic E-state index is 11.9. The zero-order chi connectivity index (χ0) is 13.7. The van der Waals surface area contributed by atoms with E-state index < -0.39 is 11.0 Å². The molecule has 17 heavy (non-hydrogen) atoms. The number of hydrogen-bond acceptors (Lipinski definition) is 3. The van der Waals surface area contributed by atoms with Gasteiger partial charge < -0.3 is 9.84 Å². The molecule has 0 saturated heterocycles. The summed E-state index contributed by atoms with van der Waals surface area (Å²) in [5, 5.41) is 10.2. The molecule has 0 bridgehead atoms. The Bertz CT molecular complexity index is 242. The van der Waals surface area contributed by atoms with Crippen molar-refractivity contribution in [3.63, 3.8) is 0 Å². The van der Waals surface area contributed by atoms with E-state index in [2.05, 4.69) is 0 Å². The molecule has 0 amide bonds. The number of hydrogen-bond donors (Lipinski definition) is 1. The normalized spacial score (nSPS) is 14.5. The first-order chi connectivity index (χ1) is 7.70. The lowest BCUT2D eigenvalue weighted by atomic mass is 9.89. The molecule has 0 fully saturated rings. The molecular weight excluding hydrogens is 216 g/mol. The van der Waals surface area contributed by atoms with E-state index in [-0.39, 0.29) is 12.1 Å². The number of aliphatic hydroxyl groups is 1. The molecule has 0 aliphatic carbocycles. The van der Waals surface area contributed by atoms with Gasteiger partial charge in [-0.3, -0.25) is 4.79 Å². The van der Waals surface area contributed by atoms with Crippen molar-refractivity contribution in [2.45, 2.75) is 78.9 Å². The Labute approximate surface area is 106 Å². The standard InChI is InChI=1S/C14H28O3/c1-7-13(5,6)12(15)17-11(4)10-14(16,8-2)9-3/h11,16H,7-10H2,1-6H3. The zero-order valence-corrected chi connectivity index (χ0v) is 12.2. The van der Waals surface area contributed by atoms with Gasteiger partial charge in [0.05, 0.1) is 11.0 Å². The number of rotatable bonds is 7. The molecule has 0 heterocycles. The highest BCUT2D eigenvalue weighted by Gasteiger charge is 2.31. The Morgan fingerprint density at radius 2 is 1.65 bits per heavy atom. The second-order valence-corrected chi connectivity index (χ2v) is 5.59. The highest BCUT2D eigenvalue weighted by atomic mass is 16.5. The largest absolute Gasteiger partial charge is 0.462 e. The summed E-state index contributed by atoms with van der Waals surface area (Å²) in [6.07, 6.45) is 2.39. The van der Waals surface area contributed by atoms with Crippen molar-refractivity contribution in [1.82, 2.24) is 0 Å². The molecule has 3 heteroatoms. The summed E-state index contributed by atoms with van der Waals surface area (Å²) in [6.45, 7) is 11.5. The van der Waals surface area contributed by atoms with E-state index in [1.165, 1.54) is 0 Å². The van der Waals surface area contributed by atoms with Gasteiger partial charge in [-0.1, -0.05) is 20.8 Å². The van der Waals surface area contributed by atoms with Crippen molar-refractivity contribution >= 4 is 5.97 Å². The Morgan fingerprint density at radius 1 is 1.18 bits per heavy atom. The lowest BCUT2D eigenvalue weighted by Crippen LogP contribution is -2.35. The van der Waals surface area contributed by atoms with Crippen LogP contribution in [-0.2, 0) is 9.53 Å². The van der Waals surface area contributed by atoms with E-state index in [1.807, 2.05) is 41.5 Å². The van der Waals surface area contributed by atoms with Crippen LogP contribution in [0.3, 0.4) is 0 Å². The van der Waals surface area contributed by atoms with Crippen LogP contribution in [0.15, 0.2) is 0 Å². The van der Waals surface area contributed by atoms with E-state index in [0.717, 1.165) is 6.42 Å². The van der Waals surface area contributed by atoms with Crippen molar-refractivity contribution in [3.05, 3.63) is 0 Å². The lowest BCUT2D eigenvalue weighted by Gasteiger charge is -2.30. The fraction of sp³-hybridized carbons (Fsp3) is 0.929. The third-order valence-corrected chi connectivity index (χ3v) is 3.73.